The van der Waals surface area contributed by atoms with Gasteiger partial charge in [0.1, 0.15) is 5.82 Å². The van der Waals surface area contributed by atoms with Gasteiger partial charge in [-0.15, -0.1) is 0 Å². The van der Waals surface area contributed by atoms with Crippen LogP contribution in [-0.4, -0.2) is 47.9 Å². The van der Waals surface area contributed by atoms with Crippen molar-refractivity contribution < 1.29 is 24.0 Å². The summed E-state index contributed by atoms with van der Waals surface area (Å²) in [6, 6.07) is 14.3. The molecule has 0 unspecified atom stereocenters. The van der Waals surface area contributed by atoms with Gasteiger partial charge >= 0.3 is 0 Å². The van der Waals surface area contributed by atoms with Crippen LogP contribution in [0.2, 0.25) is 0 Å². The Labute approximate surface area is 182 Å². The molecule has 0 saturated carbocycles. The molecule has 1 aliphatic rings. The lowest BCUT2D eigenvalue weighted by molar-refractivity contribution is -0.895. The topological polar surface area (TPSA) is 62.1 Å². The molecule has 162 valence electrons. The van der Waals surface area contributed by atoms with Crippen LogP contribution in [0, 0.1) is 5.82 Å². The highest BCUT2D eigenvalue weighted by Crippen LogP contribution is 2.38. The van der Waals surface area contributed by atoms with Crippen molar-refractivity contribution in [3.63, 3.8) is 0 Å². The molecule has 2 N–H and O–H groups in total. The number of allylic oxidation sites excluding steroid dienone is 1. The molecule has 0 saturated heterocycles. The highest BCUT2D eigenvalue weighted by Gasteiger charge is 2.44. The largest absolute Gasteiger partial charge is 0.503 e. The molecule has 5 nitrogen and oxygen atoms in total. The fraction of sp³-hybridized carbons (Fsp3) is 0.280. The second kappa shape index (κ2) is 10.2. The van der Waals surface area contributed by atoms with E-state index in [1.807, 2.05) is 30.3 Å². The zero-order valence-electron chi connectivity index (χ0n) is 17.8. The Morgan fingerprint density at radius 3 is 2.39 bits per heavy atom. The van der Waals surface area contributed by atoms with Gasteiger partial charge in [-0.25, -0.2) is 4.39 Å². The van der Waals surface area contributed by atoms with Crippen LogP contribution in [0.15, 0.2) is 72.0 Å². The van der Waals surface area contributed by atoms with Crippen molar-refractivity contribution in [2.75, 3.05) is 26.2 Å². The second-order valence-corrected chi connectivity index (χ2v) is 7.50. The maximum absolute atomic E-state index is 14.7. The summed E-state index contributed by atoms with van der Waals surface area (Å²) in [5, 5.41) is 10.6. The van der Waals surface area contributed by atoms with Crippen molar-refractivity contribution >= 4 is 17.8 Å². The summed E-state index contributed by atoms with van der Waals surface area (Å²) < 4.78 is 14.7. The van der Waals surface area contributed by atoms with Gasteiger partial charge < -0.3 is 14.9 Å². The number of benzene rings is 2. The highest BCUT2D eigenvalue weighted by molar-refractivity contribution is 6.14. The summed E-state index contributed by atoms with van der Waals surface area (Å²) in [5.41, 5.74) is 0.924. The number of hydrogen-bond acceptors (Lipinski definition) is 3. The van der Waals surface area contributed by atoms with E-state index < -0.39 is 29.3 Å². The molecule has 2 aromatic carbocycles. The molecule has 0 spiro atoms. The monoisotopic (exact) mass is 423 g/mol. The van der Waals surface area contributed by atoms with Crippen molar-refractivity contribution in [2.45, 2.75) is 19.9 Å². The van der Waals surface area contributed by atoms with Crippen molar-refractivity contribution in [3.8, 4) is 0 Å². The average molecular weight is 424 g/mol. The van der Waals surface area contributed by atoms with E-state index in [0.717, 1.165) is 18.7 Å². The number of likely N-dealkylation sites (N-methyl/N-ethyl adjacent to an activating group) is 1. The van der Waals surface area contributed by atoms with Gasteiger partial charge in [0.05, 0.1) is 37.8 Å². The van der Waals surface area contributed by atoms with E-state index in [-0.39, 0.29) is 11.1 Å². The van der Waals surface area contributed by atoms with Crippen molar-refractivity contribution in [3.05, 3.63) is 88.9 Å². The lowest BCUT2D eigenvalue weighted by Gasteiger charge is -2.28. The van der Waals surface area contributed by atoms with Crippen LogP contribution in [-0.2, 0) is 9.59 Å². The van der Waals surface area contributed by atoms with Gasteiger partial charge in [0.15, 0.2) is 11.5 Å². The maximum atomic E-state index is 14.7. The Balaban J connectivity index is 1.97. The van der Waals surface area contributed by atoms with E-state index in [0.29, 0.717) is 13.1 Å². The third kappa shape index (κ3) is 4.91. The third-order valence-corrected chi connectivity index (χ3v) is 5.70. The van der Waals surface area contributed by atoms with E-state index in [1.165, 1.54) is 21.9 Å². The van der Waals surface area contributed by atoms with Gasteiger partial charge in [-0.3, -0.25) is 9.59 Å². The quantitative estimate of drug-likeness (QED) is 0.610. The molecule has 0 aliphatic carbocycles. The molecule has 1 aliphatic heterocycles. The van der Waals surface area contributed by atoms with E-state index >= 15 is 0 Å². The number of nitrogens with zero attached hydrogens (tertiary/aromatic N) is 1. The molecule has 1 heterocycles. The number of halogens is 1. The third-order valence-electron chi connectivity index (χ3n) is 5.70. The van der Waals surface area contributed by atoms with E-state index in [4.69, 9.17) is 0 Å². The summed E-state index contributed by atoms with van der Waals surface area (Å²) in [5.74, 6) is -2.28. The number of quaternary nitrogens is 1. The summed E-state index contributed by atoms with van der Waals surface area (Å²) in [6.07, 6.45) is 2.94. The molecule has 3 rings (SSSR count). The van der Waals surface area contributed by atoms with Gasteiger partial charge in [-0.05, 0) is 31.6 Å². The number of nitrogens with one attached hydrogen (secondary N) is 1. The van der Waals surface area contributed by atoms with Crippen molar-refractivity contribution in [2.24, 2.45) is 0 Å². The number of rotatable bonds is 9. The first-order valence-corrected chi connectivity index (χ1v) is 10.6. The first kappa shape index (κ1) is 22.4. The molecule has 1 atom stereocenters. The van der Waals surface area contributed by atoms with Gasteiger partial charge in [-0.1, -0.05) is 54.6 Å². The lowest BCUT2D eigenvalue weighted by Crippen LogP contribution is -3.12. The zero-order valence-corrected chi connectivity index (χ0v) is 17.8. The smallest absolute Gasteiger partial charge is 0.290 e. The Hall–Kier alpha value is -3.25. The number of ketones is 1. The van der Waals surface area contributed by atoms with Crippen LogP contribution in [0.25, 0.3) is 6.08 Å². The van der Waals surface area contributed by atoms with E-state index in [9.17, 15) is 19.1 Å². The van der Waals surface area contributed by atoms with Crippen LogP contribution < -0.4 is 4.90 Å². The number of carbonyl (C=O) groups is 2. The van der Waals surface area contributed by atoms with Crippen LogP contribution in [0.4, 0.5) is 4.39 Å². The summed E-state index contributed by atoms with van der Waals surface area (Å²) in [4.78, 5) is 28.6. The van der Waals surface area contributed by atoms with Gasteiger partial charge in [0.2, 0.25) is 0 Å². The normalized spacial score (nSPS) is 16.7. The Bertz CT molecular complexity index is 997. The van der Waals surface area contributed by atoms with Crippen molar-refractivity contribution in [1.82, 2.24) is 4.90 Å². The summed E-state index contributed by atoms with van der Waals surface area (Å²) >= 11 is 0. The zero-order chi connectivity index (χ0) is 22.4. The minimum absolute atomic E-state index is 0.0863. The molecule has 2 aromatic rings. The number of aliphatic hydroxyl groups excluding tert-OH is 1. The molecule has 0 aromatic heterocycles. The number of aliphatic hydroxyl groups is 1. The minimum Gasteiger partial charge on any atom is -0.503 e. The molecule has 0 fully saturated rings. The van der Waals surface area contributed by atoms with Crippen LogP contribution in [0.3, 0.4) is 0 Å². The molecule has 31 heavy (non-hydrogen) atoms. The van der Waals surface area contributed by atoms with E-state index in [1.54, 1.807) is 24.3 Å². The SMILES string of the molecule is CC[NH+](CC)CCN1C(=O)C(O)=C(C(=O)/C=C/c2ccccc2)[C@H]1c1ccccc1F. The van der Waals surface area contributed by atoms with Crippen LogP contribution in [0.5, 0.6) is 0 Å². The standard InChI is InChI=1S/C25H27FN2O3/c1-3-27(4-2)16-17-28-23(19-12-8-9-13-20(19)26)22(24(30)25(28)31)21(29)15-14-18-10-6-5-7-11-18/h5-15,23,30H,3-4,16-17H2,1-2H3/p+1/b15-14+/t23-/m1/s1. The number of carbonyl (C=O) groups excluding carboxylic acids is 2. The molecule has 0 bridgehead atoms. The van der Waals surface area contributed by atoms with Gasteiger partial charge in [0, 0.05) is 5.56 Å². The maximum Gasteiger partial charge on any atom is 0.290 e. The average Bonchev–Trinajstić information content (AvgIpc) is 3.04. The predicted octanol–water partition coefficient (Wildman–Crippen LogP) is 2.73. The highest BCUT2D eigenvalue weighted by atomic mass is 19.1. The van der Waals surface area contributed by atoms with Gasteiger partial charge in [-0.2, -0.15) is 0 Å². The van der Waals surface area contributed by atoms with E-state index in [2.05, 4.69) is 13.8 Å². The molecular weight excluding hydrogens is 395 g/mol. The molecule has 0 radical (unpaired) electrons. The molecular formula is C25H28FN2O3+. The number of hydrogen-bond donors (Lipinski definition) is 2. The molecule has 6 heteroatoms. The minimum atomic E-state index is -0.961. The Morgan fingerprint density at radius 2 is 1.74 bits per heavy atom. The number of amides is 1. The first-order valence-electron chi connectivity index (χ1n) is 10.6. The Kier molecular flexibility index (Phi) is 7.36. The fourth-order valence-corrected chi connectivity index (χ4v) is 3.86. The van der Waals surface area contributed by atoms with Crippen molar-refractivity contribution in [1.29, 1.82) is 0 Å². The van der Waals surface area contributed by atoms with Crippen LogP contribution >= 0.6 is 0 Å². The molecule has 1 amide bonds. The van der Waals surface area contributed by atoms with Crippen LogP contribution in [0.1, 0.15) is 31.0 Å². The first-order chi connectivity index (χ1) is 15.0. The Morgan fingerprint density at radius 1 is 1.10 bits per heavy atom. The second-order valence-electron chi connectivity index (χ2n) is 7.50. The lowest BCUT2D eigenvalue weighted by atomic mass is 9.95. The fourth-order valence-electron chi connectivity index (χ4n) is 3.86. The summed E-state index contributed by atoms with van der Waals surface area (Å²) in [6.45, 7) is 6.81. The summed E-state index contributed by atoms with van der Waals surface area (Å²) in [7, 11) is 0. The predicted molar refractivity (Wildman–Crippen MR) is 118 cm³/mol. The van der Waals surface area contributed by atoms with Gasteiger partial charge in [0.25, 0.3) is 5.91 Å².